The number of nitriles is 1. The van der Waals surface area contributed by atoms with Crippen molar-refractivity contribution in [3.8, 4) is 6.07 Å². The average Bonchev–Trinajstić information content (AvgIpc) is 2.90. The Morgan fingerprint density at radius 2 is 0.970 bits per heavy atom. The molecule has 4 aromatic carbocycles. The Labute approximate surface area is 209 Å². The molecule has 0 amide bonds. The first kappa shape index (κ1) is 21.7. The Morgan fingerprint density at radius 1 is 0.576 bits per heavy atom. The standard InChI is InChI=1S/C30H20BrNSe/c31-29-28(23-15-7-2-8-16-23)33-27(22-13-5-1-6-14-22)26(21-32)30(29,24-17-9-3-10-18-24)25-19-11-4-12-20-25/h1-20H. The molecule has 0 saturated heterocycles. The number of hydrogen-bond acceptors (Lipinski definition) is 1. The molecule has 0 spiro atoms. The molecule has 33 heavy (non-hydrogen) atoms. The van der Waals surface area contributed by atoms with E-state index in [1.54, 1.807) is 0 Å². The van der Waals surface area contributed by atoms with Crippen molar-refractivity contribution < 1.29 is 0 Å². The van der Waals surface area contributed by atoms with E-state index in [1.807, 2.05) is 24.3 Å². The van der Waals surface area contributed by atoms with Crippen molar-refractivity contribution in [2.24, 2.45) is 0 Å². The normalized spacial score (nSPS) is 15.3. The van der Waals surface area contributed by atoms with E-state index >= 15 is 0 Å². The fourth-order valence-electron chi connectivity index (χ4n) is 4.44. The number of benzene rings is 4. The van der Waals surface area contributed by atoms with Gasteiger partial charge in [0.15, 0.2) is 0 Å². The van der Waals surface area contributed by atoms with E-state index in [4.69, 9.17) is 0 Å². The number of hydrogen-bond donors (Lipinski definition) is 0. The zero-order valence-corrected chi connectivity index (χ0v) is 21.1. The molecule has 0 radical (unpaired) electrons. The summed E-state index contributed by atoms with van der Waals surface area (Å²) in [6, 6.07) is 44.4. The molecule has 0 unspecified atom stereocenters. The molecule has 0 bridgehead atoms. The molecule has 0 N–H and O–H groups in total. The molecule has 158 valence electrons. The summed E-state index contributed by atoms with van der Waals surface area (Å²) in [5.41, 5.74) is 4.52. The Kier molecular flexibility index (Phi) is 6.16. The predicted molar refractivity (Wildman–Crippen MR) is 141 cm³/mol. The van der Waals surface area contributed by atoms with Crippen molar-refractivity contribution in [3.05, 3.63) is 154 Å². The Balaban J connectivity index is 1.94. The quantitative estimate of drug-likeness (QED) is 0.242. The van der Waals surface area contributed by atoms with Gasteiger partial charge in [-0.25, -0.2) is 0 Å². The van der Waals surface area contributed by atoms with Crippen LogP contribution < -0.4 is 0 Å². The molecular formula is C30H20BrNSe. The molecule has 3 heteroatoms. The van der Waals surface area contributed by atoms with Gasteiger partial charge >= 0.3 is 210 Å². The van der Waals surface area contributed by atoms with Crippen LogP contribution in [-0.2, 0) is 5.41 Å². The predicted octanol–water partition coefficient (Wildman–Crippen LogP) is 7.39. The van der Waals surface area contributed by atoms with Gasteiger partial charge in [0.05, 0.1) is 0 Å². The molecule has 1 heterocycles. The van der Waals surface area contributed by atoms with Crippen LogP contribution in [0.15, 0.2) is 131 Å². The zero-order chi connectivity index (χ0) is 22.7. The van der Waals surface area contributed by atoms with Crippen molar-refractivity contribution in [2.45, 2.75) is 5.41 Å². The summed E-state index contributed by atoms with van der Waals surface area (Å²) in [5, 5.41) is 10.7. The fraction of sp³-hybridized carbons (Fsp3) is 0.0333. The van der Waals surface area contributed by atoms with Crippen LogP contribution in [0.5, 0.6) is 0 Å². The molecule has 5 rings (SSSR count). The number of nitrogens with zero attached hydrogens (tertiary/aromatic N) is 1. The van der Waals surface area contributed by atoms with Crippen molar-refractivity contribution in [1.29, 1.82) is 5.26 Å². The maximum absolute atomic E-state index is 10.7. The van der Waals surface area contributed by atoms with Crippen LogP contribution in [0.3, 0.4) is 0 Å². The number of allylic oxidation sites excluding steroid dienone is 2. The summed E-state index contributed by atoms with van der Waals surface area (Å²) in [6.45, 7) is 0. The van der Waals surface area contributed by atoms with Gasteiger partial charge in [0.25, 0.3) is 0 Å². The van der Waals surface area contributed by atoms with Crippen LogP contribution >= 0.6 is 15.9 Å². The third-order valence-corrected chi connectivity index (χ3v) is 10.2. The molecule has 0 fully saturated rings. The first-order valence-corrected chi connectivity index (χ1v) is 13.2. The molecule has 0 atom stereocenters. The van der Waals surface area contributed by atoms with E-state index in [-0.39, 0.29) is 15.0 Å². The van der Waals surface area contributed by atoms with Crippen LogP contribution in [0, 0.1) is 11.3 Å². The van der Waals surface area contributed by atoms with Crippen LogP contribution in [0.25, 0.3) is 8.94 Å². The van der Waals surface area contributed by atoms with Gasteiger partial charge in [-0.2, -0.15) is 0 Å². The van der Waals surface area contributed by atoms with Gasteiger partial charge < -0.3 is 0 Å². The van der Waals surface area contributed by atoms with Gasteiger partial charge in [-0.05, 0) is 0 Å². The molecule has 0 aromatic heterocycles. The molecule has 1 aliphatic rings. The SMILES string of the molecule is N#CC1=C(c2ccccc2)[Se]C(c2ccccc2)=C(Br)C1(c1ccccc1)c1ccccc1. The van der Waals surface area contributed by atoms with E-state index in [0.29, 0.717) is 0 Å². The minimum absolute atomic E-state index is 0.0559. The summed E-state index contributed by atoms with van der Waals surface area (Å²) in [4.78, 5) is 0. The van der Waals surface area contributed by atoms with Gasteiger partial charge in [0.2, 0.25) is 0 Å². The second-order valence-electron chi connectivity index (χ2n) is 7.78. The van der Waals surface area contributed by atoms with Crippen molar-refractivity contribution >= 4 is 39.8 Å². The molecule has 1 aliphatic heterocycles. The average molecular weight is 553 g/mol. The first-order chi connectivity index (χ1) is 16.3. The van der Waals surface area contributed by atoms with Crippen LogP contribution in [0.2, 0.25) is 0 Å². The van der Waals surface area contributed by atoms with Gasteiger partial charge in [0, 0.05) is 0 Å². The Morgan fingerprint density at radius 3 is 1.39 bits per heavy atom. The van der Waals surface area contributed by atoms with E-state index in [2.05, 4.69) is 119 Å². The maximum atomic E-state index is 10.7. The van der Waals surface area contributed by atoms with Crippen LogP contribution in [0.4, 0.5) is 0 Å². The van der Waals surface area contributed by atoms with Gasteiger partial charge in [-0.15, -0.1) is 0 Å². The number of rotatable bonds is 4. The van der Waals surface area contributed by atoms with E-state index in [9.17, 15) is 5.26 Å². The van der Waals surface area contributed by atoms with Gasteiger partial charge in [0.1, 0.15) is 0 Å². The summed E-state index contributed by atoms with van der Waals surface area (Å²) in [6.07, 6.45) is 0. The Bertz CT molecular complexity index is 1330. The fourth-order valence-corrected chi connectivity index (χ4v) is 8.38. The molecular weight excluding hydrogens is 533 g/mol. The van der Waals surface area contributed by atoms with Crippen molar-refractivity contribution in [3.63, 3.8) is 0 Å². The van der Waals surface area contributed by atoms with E-state index < -0.39 is 5.41 Å². The van der Waals surface area contributed by atoms with Crippen LogP contribution in [-0.4, -0.2) is 15.0 Å². The van der Waals surface area contributed by atoms with Gasteiger partial charge in [-0.3, -0.25) is 0 Å². The molecule has 4 aromatic rings. The topological polar surface area (TPSA) is 23.8 Å². The minimum atomic E-state index is -0.729. The van der Waals surface area contributed by atoms with E-state index in [1.165, 1.54) is 10.0 Å². The van der Waals surface area contributed by atoms with Crippen molar-refractivity contribution in [1.82, 2.24) is 0 Å². The summed E-state index contributed by atoms with van der Waals surface area (Å²) >= 11 is 4.02. The molecule has 0 saturated carbocycles. The third-order valence-electron chi connectivity index (χ3n) is 5.93. The molecule has 0 aliphatic carbocycles. The second kappa shape index (κ2) is 9.38. The summed E-state index contributed by atoms with van der Waals surface area (Å²) < 4.78 is 3.43. The van der Waals surface area contributed by atoms with Crippen LogP contribution in [0.1, 0.15) is 22.3 Å². The van der Waals surface area contributed by atoms with E-state index in [0.717, 1.165) is 31.2 Å². The zero-order valence-electron chi connectivity index (χ0n) is 17.8. The summed E-state index contributed by atoms with van der Waals surface area (Å²) in [7, 11) is 0. The molecule has 1 nitrogen and oxygen atoms in total. The first-order valence-electron chi connectivity index (χ1n) is 10.7. The third kappa shape index (κ3) is 3.71. The van der Waals surface area contributed by atoms with Gasteiger partial charge in [-0.1, -0.05) is 0 Å². The monoisotopic (exact) mass is 553 g/mol. The summed E-state index contributed by atoms with van der Waals surface area (Å²) in [5.74, 6) is 0. The second-order valence-corrected chi connectivity index (χ2v) is 10.7. The van der Waals surface area contributed by atoms with Crippen molar-refractivity contribution in [2.75, 3.05) is 0 Å². The Hall–Kier alpha value is -3.15. The number of halogens is 1.